The number of imidazole rings is 1. The Morgan fingerprint density at radius 2 is 2.39 bits per heavy atom. The molecule has 0 aliphatic carbocycles. The van der Waals surface area contributed by atoms with E-state index < -0.39 is 6.10 Å². The average molecular weight is 252 g/mol. The summed E-state index contributed by atoms with van der Waals surface area (Å²) in [7, 11) is 0. The maximum Gasteiger partial charge on any atom is 0.0955 e. The fourth-order valence-corrected chi connectivity index (χ4v) is 2.56. The average Bonchev–Trinajstić information content (AvgIpc) is 2.99. The van der Waals surface area contributed by atoms with E-state index in [0.29, 0.717) is 12.1 Å². The van der Waals surface area contributed by atoms with E-state index in [1.165, 1.54) is 12.8 Å². The molecule has 1 aliphatic heterocycles. The molecule has 0 aromatic carbocycles. The van der Waals surface area contributed by atoms with Crippen LogP contribution in [0.4, 0.5) is 0 Å². The normalized spacial score (nSPS) is 21.7. The highest BCUT2D eigenvalue weighted by molar-refractivity contribution is 5.03. The highest BCUT2D eigenvalue weighted by atomic mass is 16.5. The van der Waals surface area contributed by atoms with E-state index in [9.17, 15) is 5.11 Å². The standard InChI is InChI=1S/C14H24N2O2/c1-11(2)16-10-15-9-13(16)14(17)7-3-5-12-6-4-8-18-12/h9-12,14,17H,3-8H2,1-2H3. The van der Waals surface area contributed by atoms with Crippen LogP contribution in [0.5, 0.6) is 0 Å². The zero-order valence-corrected chi connectivity index (χ0v) is 11.4. The smallest absolute Gasteiger partial charge is 0.0955 e. The maximum atomic E-state index is 10.2. The molecule has 1 saturated heterocycles. The van der Waals surface area contributed by atoms with Gasteiger partial charge in [-0.25, -0.2) is 4.98 Å². The SMILES string of the molecule is CC(C)n1cncc1C(O)CCCC1CCCO1. The molecule has 0 spiro atoms. The van der Waals surface area contributed by atoms with Gasteiger partial charge in [0.1, 0.15) is 0 Å². The summed E-state index contributed by atoms with van der Waals surface area (Å²) < 4.78 is 7.63. The molecule has 1 fully saturated rings. The molecule has 18 heavy (non-hydrogen) atoms. The van der Waals surface area contributed by atoms with E-state index in [-0.39, 0.29) is 0 Å². The molecule has 2 unspecified atom stereocenters. The van der Waals surface area contributed by atoms with Gasteiger partial charge in [0.2, 0.25) is 0 Å². The molecule has 2 rings (SSSR count). The summed E-state index contributed by atoms with van der Waals surface area (Å²) in [4.78, 5) is 4.13. The Kier molecular flexibility index (Phi) is 4.78. The summed E-state index contributed by atoms with van der Waals surface area (Å²) in [6.07, 6.45) is 8.82. The lowest BCUT2D eigenvalue weighted by atomic mass is 10.1. The molecule has 0 amide bonds. The van der Waals surface area contributed by atoms with Crippen molar-refractivity contribution < 1.29 is 9.84 Å². The van der Waals surface area contributed by atoms with Gasteiger partial charge in [-0.1, -0.05) is 0 Å². The van der Waals surface area contributed by atoms with Crippen molar-refractivity contribution in [3.8, 4) is 0 Å². The van der Waals surface area contributed by atoms with Gasteiger partial charge in [0.25, 0.3) is 0 Å². The Hall–Kier alpha value is -0.870. The third-order valence-electron chi connectivity index (χ3n) is 3.62. The second-order valence-electron chi connectivity index (χ2n) is 5.40. The van der Waals surface area contributed by atoms with Gasteiger partial charge < -0.3 is 14.4 Å². The third-order valence-corrected chi connectivity index (χ3v) is 3.62. The van der Waals surface area contributed by atoms with Crippen LogP contribution in [-0.2, 0) is 4.74 Å². The Balaban J connectivity index is 1.79. The topological polar surface area (TPSA) is 47.3 Å². The van der Waals surface area contributed by atoms with Crippen LogP contribution in [0.3, 0.4) is 0 Å². The second-order valence-corrected chi connectivity index (χ2v) is 5.40. The largest absolute Gasteiger partial charge is 0.387 e. The summed E-state index contributed by atoms with van der Waals surface area (Å²) in [5, 5.41) is 10.2. The van der Waals surface area contributed by atoms with Crippen LogP contribution >= 0.6 is 0 Å². The van der Waals surface area contributed by atoms with E-state index in [1.807, 2.05) is 4.57 Å². The number of aromatic nitrogens is 2. The molecule has 0 bridgehead atoms. The van der Waals surface area contributed by atoms with Gasteiger partial charge >= 0.3 is 0 Å². The number of hydrogen-bond donors (Lipinski definition) is 1. The van der Waals surface area contributed by atoms with Gasteiger partial charge in [0.15, 0.2) is 0 Å². The number of aliphatic hydroxyl groups excluding tert-OH is 1. The van der Waals surface area contributed by atoms with Crippen LogP contribution in [0.15, 0.2) is 12.5 Å². The molecule has 1 aromatic rings. The van der Waals surface area contributed by atoms with E-state index in [2.05, 4.69) is 18.8 Å². The first-order chi connectivity index (χ1) is 8.68. The molecule has 1 N–H and O–H groups in total. The minimum Gasteiger partial charge on any atom is -0.387 e. The number of hydrogen-bond acceptors (Lipinski definition) is 3. The highest BCUT2D eigenvalue weighted by Gasteiger charge is 2.18. The molecule has 0 saturated carbocycles. The second kappa shape index (κ2) is 6.34. The van der Waals surface area contributed by atoms with Gasteiger partial charge in [-0.2, -0.15) is 0 Å². The van der Waals surface area contributed by atoms with Crippen molar-refractivity contribution >= 4 is 0 Å². The molecule has 4 heteroatoms. The van der Waals surface area contributed by atoms with Gasteiger partial charge in [-0.15, -0.1) is 0 Å². The zero-order chi connectivity index (χ0) is 13.0. The number of aliphatic hydroxyl groups is 1. The molecule has 4 nitrogen and oxygen atoms in total. The summed E-state index contributed by atoms with van der Waals surface area (Å²) in [5.41, 5.74) is 0.928. The van der Waals surface area contributed by atoms with Gasteiger partial charge in [0, 0.05) is 12.6 Å². The maximum absolute atomic E-state index is 10.2. The Labute approximate surface area is 109 Å². The first-order valence-corrected chi connectivity index (χ1v) is 7.00. The van der Waals surface area contributed by atoms with Crippen molar-refractivity contribution in [3.63, 3.8) is 0 Å². The van der Waals surface area contributed by atoms with Crippen molar-refractivity contribution in [3.05, 3.63) is 18.2 Å². The number of nitrogens with zero attached hydrogens (tertiary/aromatic N) is 2. The number of ether oxygens (including phenoxy) is 1. The van der Waals surface area contributed by atoms with Crippen LogP contribution in [0.25, 0.3) is 0 Å². The van der Waals surface area contributed by atoms with Crippen LogP contribution in [0.1, 0.15) is 63.8 Å². The van der Waals surface area contributed by atoms with Crippen molar-refractivity contribution in [2.75, 3.05) is 6.61 Å². The van der Waals surface area contributed by atoms with Crippen LogP contribution < -0.4 is 0 Å². The highest BCUT2D eigenvalue weighted by Crippen LogP contribution is 2.24. The van der Waals surface area contributed by atoms with Crippen LogP contribution in [0.2, 0.25) is 0 Å². The Morgan fingerprint density at radius 1 is 1.56 bits per heavy atom. The van der Waals surface area contributed by atoms with Crippen LogP contribution in [0, 0.1) is 0 Å². The van der Waals surface area contributed by atoms with Crippen molar-refractivity contribution in [2.24, 2.45) is 0 Å². The predicted octanol–water partition coefficient (Wildman–Crippen LogP) is 2.85. The first-order valence-electron chi connectivity index (χ1n) is 7.00. The summed E-state index contributed by atoms with van der Waals surface area (Å²) in [5.74, 6) is 0. The molecular weight excluding hydrogens is 228 g/mol. The van der Waals surface area contributed by atoms with Crippen molar-refractivity contribution in [1.29, 1.82) is 0 Å². The molecule has 2 heterocycles. The van der Waals surface area contributed by atoms with Gasteiger partial charge in [-0.05, 0) is 46.0 Å². The van der Waals surface area contributed by atoms with Gasteiger partial charge in [-0.3, -0.25) is 0 Å². The van der Waals surface area contributed by atoms with Gasteiger partial charge in [0.05, 0.1) is 30.4 Å². The minimum atomic E-state index is -0.406. The lowest BCUT2D eigenvalue weighted by Gasteiger charge is -2.17. The summed E-state index contributed by atoms with van der Waals surface area (Å²) >= 11 is 0. The van der Waals surface area contributed by atoms with E-state index in [1.54, 1.807) is 12.5 Å². The molecule has 1 aromatic heterocycles. The van der Waals surface area contributed by atoms with E-state index in [0.717, 1.165) is 31.6 Å². The first kappa shape index (κ1) is 13.6. The zero-order valence-electron chi connectivity index (χ0n) is 11.4. The lowest BCUT2D eigenvalue weighted by molar-refractivity contribution is 0.0932. The fourth-order valence-electron chi connectivity index (χ4n) is 2.56. The predicted molar refractivity (Wildman–Crippen MR) is 70.4 cm³/mol. The fraction of sp³-hybridized carbons (Fsp3) is 0.786. The van der Waals surface area contributed by atoms with E-state index in [4.69, 9.17) is 4.74 Å². The number of rotatable bonds is 6. The quantitative estimate of drug-likeness (QED) is 0.847. The summed E-state index contributed by atoms with van der Waals surface area (Å²) in [6.45, 7) is 5.11. The molecule has 1 aliphatic rings. The molecule has 0 radical (unpaired) electrons. The van der Waals surface area contributed by atoms with Crippen molar-refractivity contribution in [2.45, 2.75) is 64.2 Å². The van der Waals surface area contributed by atoms with E-state index >= 15 is 0 Å². The monoisotopic (exact) mass is 252 g/mol. The lowest BCUT2D eigenvalue weighted by Crippen LogP contribution is -2.10. The molecule has 2 atom stereocenters. The van der Waals surface area contributed by atoms with Crippen molar-refractivity contribution in [1.82, 2.24) is 9.55 Å². The summed E-state index contributed by atoms with van der Waals surface area (Å²) in [6, 6.07) is 0.343. The Bertz CT molecular complexity index is 356. The molecular formula is C14H24N2O2. The molecule has 102 valence electrons. The van der Waals surface area contributed by atoms with Crippen LogP contribution in [-0.4, -0.2) is 27.4 Å². The third kappa shape index (κ3) is 3.33. The minimum absolute atomic E-state index is 0.343. The Morgan fingerprint density at radius 3 is 3.06 bits per heavy atom.